The second kappa shape index (κ2) is 71.2. The maximum atomic E-state index is 12.9. The van der Waals surface area contributed by atoms with Gasteiger partial charge in [-0.15, -0.1) is 0 Å². The van der Waals surface area contributed by atoms with E-state index in [4.69, 9.17) is 18.5 Å². The van der Waals surface area contributed by atoms with Crippen LogP contribution in [0.15, 0.2) is 97.2 Å². The predicted molar refractivity (Wildman–Crippen MR) is 392 cm³/mol. The molecule has 10 heteroatoms. The number of hydrogen-bond acceptors (Lipinski definition) is 8. The van der Waals surface area contributed by atoms with Gasteiger partial charge in [-0.1, -0.05) is 361 Å². The largest absolute Gasteiger partial charge is 0.756 e. The van der Waals surface area contributed by atoms with E-state index in [1.54, 1.807) is 0 Å². The van der Waals surface area contributed by atoms with Crippen LogP contribution in [-0.4, -0.2) is 70.0 Å². The van der Waals surface area contributed by atoms with Crippen LogP contribution in [0.4, 0.5) is 0 Å². The van der Waals surface area contributed by atoms with Crippen molar-refractivity contribution >= 4 is 19.8 Å². The summed E-state index contributed by atoms with van der Waals surface area (Å²) in [6, 6.07) is 0. The second-order valence-corrected chi connectivity index (χ2v) is 28.4. The molecule has 0 aromatic carbocycles. The number of likely N-dealkylation sites (N-methyl/N-ethyl adjacent to an activating group) is 1. The summed E-state index contributed by atoms with van der Waals surface area (Å²) in [6.45, 7) is 4.18. The van der Waals surface area contributed by atoms with Gasteiger partial charge in [-0.25, -0.2) is 0 Å². The van der Waals surface area contributed by atoms with E-state index in [0.717, 1.165) is 89.9 Å². The molecule has 0 aromatic heterocycles. The van der Waals surface area contributed by atoms with Gasteiger partial charge in [-0.3, -0.25) is 14.2 Å². The SMILES string of the molecule is CC/C=C\C/C=C\C/C=C\C/C=C\C/C=C\C/C=C\C/C=C\C/C=C\CCCCCCCCCCCCCCC(=O)OC(COC(=O)CCCCCCCCCCCCCCCCCCCCCCCCCCCCCCCC)COP(=O)([O-])OCC[N+](C)(C)C. The Morgan fingerprint density at radius 3 is 0.934 bits per heavy atom. The maximum Gasteiger partial charge on any atom is 0.306 e. The molecule has 0 rings (SSSR count). The van der Waals surface area contributed by atoms with Crippen molar-refractivity contribution in [2.75, 3.05) is 47.5 Å². The fourth-order valence-corrected chi connectivity index (χ4v) is 11.8. The zero-order valence-electron chi connectivity index (χ0n) is 60.3. The smallest absolute Gasteiger partial charge is 0.306 e. The number of carbonyl (C=O) groups excluding carboxylic acids is 2. The third-order valence-electron chi connectivity index (χ3n) is 16.9. The summed E-state index contributed by atoms with van der Waals surface area (Å²) >= 11 is 0. The highest BCUT2D eigenvalue weighted by atomic mass is 31.2. The minimum Gasteiger partial charge on any atom is -0.756 e. The van der Waals surface area contributed by atoms with E-state index < -0.39 is 26.5 Å². The van der Waals surface area contributed by atoms with Crippen LogP contribution in [-0.2, 0) is 32.7 Å². The Hall–Kier alpha value is -3.07. The highest BCUT2D eigenvalue weighted by Crippen LogP contribution is 2.38. The average Bonchev–Trinajstić information content (AvgIpc) is 3.69. The summed E-state index contributed by atoms with van der Waals surface area (Å²) in [5.74, 6) is -0.822. The normalized spacial score (nSPS) is 13.6. The zero-order chi connectivity index (χ0) is 66.2. The third kappa shape index (κ3) is 75.8. The first-order valence-electron chi connectivity index (χ1n) is 38.4. The number of rotatable bonds is 71. The quantitative estimate of drug-likeness (QED) is 0.0195. The summed E-state index contributed by atoms with van der Waals surface area (Å²) in [5, 5.41) is 0. The molecular weight excluding hydrogens is 1150 g/mol. The number of allylic oxidation sites excluding steroid dienone is 16. The van der Waals surface area contributed by atoms with Gasteiger partial charge in [0.05, 0.1) is 27.7 Å². The molecule has 0 saturated heterocycles. The van der Waals surface area contributed by atoms with Crippen molar-refractivity contribution in [1.29, 1.82) is 0 Å². The molecule has 0 aromatic rings. The van der Waals surface area contributed by atoms with Gasteiger partial charge in [0.25, 0.3) is 7.82 Å². The number of quaternary nitrogens is 1. The summed E-state index contributed by atoms with van der Waals surface area (Å²) in [5.41, 5.74) is 0. The van der Waals surface area contributed by atoms with Crippen LogP contribution in [0.3, 0.4) is 0 Å². The van der Waals surface area contributed by atoms with Crippen LogP contribution in [0.5, 0.6) is 0 Å². The molecule has 0 spiro atoms. The van der Waals surface area contributed by atoms with Crippen LogP contribution in [0.25, 0.3) is 0 Å². The van der Waals surface area contributed by atoms with Gasteiger partial charge in [0.15, 0.2) is 6.10 Å². The number of esters is 2. The number of unbranched alkanes of at least 4 members (excludes halogenated alkanes) is 41. The van der Waals surface area contributed by atoms with Crippen molar-refractivity contribution < 1.29 is 42.1 Å². The summed E-state index contributed by atoms with van der Waals surface area (Å²) in [4.78, 5) is 38.1. The topological polar surface area (TPSA) is 111 Å². The Labute approximate surface area is 564 Å². The summed E-state index contributed by atoms with van der Waals surface area (Å²) in [6.07, 6.45) is 99.4. The summed E-state index contributed by atoms with van der Waals surface area (Å²) in [7, 11) is 1.17. The van der Waals surface area contributed by atoms with Gasteiger partial charge in [-0.2, -0.15) is 0 Å². The fraction of sp³-hybridized carbons (Fsp3) is 0.778. The molecule has 0 amide bonds. The minimum atomic E-state index is -4.65. The van der Waals surface area contributed by atoms with E-state index in [0.29, 0.717) is 17.4 Å². The number of ether oxygens (including phenoxy) is 2. The monoisotopic (exact) mass is 1290 g/mol. The number of carbonyl (C=O) groups is 2. The van der Waals surface area contributed by atoms with E-state index in [1.807, 2.05) is 21.1 Å². The molecule has 0 radical (unpaired) electrons. The Balaban J connectivity index is 4.00. The van der Waals surface area contributed by atoms with Crippen molar-refractivity contribution in [3.05, 3.63) is 97.2 Å². The molecule has 2 unspecified atom stereocenters. The molecule has 0 aliphatic rings. The second-order valence-electron chi connectivity index (χ2n) is 27.0. The van der Waals surface area contributed by atoms with Crippen molar-refractivity contribution in [2.45, 2.75) is 360 Å². The van der Waals surface area contributed by atoms with E-state index in [1.165, 1.54) is 231 Å². The highest BCUT2D eigenvalue weighted by molar-refractivity contribution is 7.45. The molecule has 0 heterocycles. The van der Waals surface area contributed by atoms with Crippen LogP contribution >= 0.6 is 7.82 Å². The number of nitrogens with zero attached hydrogens (tertiary/aromatic N) is 1. The Morgan fingerprint density at radius 2 is 0.626 bits per heavy atom. The van der Waals surface area contributed by atoms with Crippen LogP contribution < -0.4 is 4.89 Å². The van der Waals surface area contributed by atoms with E-state index in [9.17, 15) is 19.0 Å². The molecule has 0 aliphatic carbocycles. The van der Waals surface area contributed by atoms with E-state index in [2.05, 4.69) is 111 Å². The number of phosphoric ester groups is 1. The van der Waals surface area contributed by atoms with Gasteiger partial charge >= 0.3 is 11.9 Å². The fourth-order valence-electron chi connectivity index (χ4n) is 11.0. The van der Waals surface area contributed by atoms with Crippen molar-refractivity contribution in [3.8, 4) is 0 Å². The van der Waals surface area contributed by atoms with Crippen molar-refractivity contribution in [1.82, 2.24) is 0 Å². The lowest BCUT2D eigenvalue weighted by Gasteiger charge is -2.28. The lowest BCUT2D eigenvalue weighted by Crippen LogP contribution is -2.37. The van der Waals surface area contributed by atoms with Gasteiger partial charge < -0.3 is 27.9 Å². The first-order valence-corrected chi connectivity index (χ1v) is 39.9. The van der Waals surface area contributed by atoms with Crippen molar-refractivity contribution in [2.24, 2.45) is 0 Å². The number of hydrogen-bond donors (Lipinski definition) is 0. The predicted octanol–water partition coefficient (Wildman–Crippen LogP) is 24.8. The third-order valence-corrected chi connectivity index (χ3v) is 17.8. The number of phosphoric acid groups is 1. The zero-order valence-corrected chi connectivity index (χ0v) is 61.2. The molecular formula is C81H146NO8P. The Bertz CT molecular complexity index is 1860. The molecule has 0 bridgehead atoms. The van der Waals surface area contributed by atoms with Crippen LogP contribution in [0.2, 0.25) is 0 Å². The average molecular weight is 1290 g/mol. The standard InChI is InChI=1S/C81H146NO8P/c1-6-8-10-12-14-16-18-20-22-24-26-28-30-32-34-36-38-39-40-41-42-43-44-46-48-50-52-54-56-58-60-62-64-66-68-70-72-74-81(84)90-79(78-89-91(85,86)88-76-75-82(3,4)5)77-87-80(83)73-71-69-67-65-63-61-59-57-55-53-51-49-47-45-37-35-33-31-29-27-25-23-21-19-17-15-13-11-9-7-2/h8,10,14,16,20,22,26,28,32,34,38-39,41-42,44,46,79H,6-7,9,11-13,15,17-19,21,23-25,27,29-31,33,35-37,40,43,45,47-78H2,1-5H3/b10-8-,16-14-,22-20-,28-26-,34-32-,39-38-,42-41-,46-44-. The van der Waals surface area contributed by atoms with Crippen LogP contribution in [0.1, 0.15) is 354 Å². The molecule has 9 nitrogen and oxygen atoms in total. The molecule has 0 fully saturated rings. The molecule has 0 aliphatic heterocycles. The lowest BCUT2D eigenvalue weighted by molar-refractivity contribution is -0.870. The van der Waals surface area contributed by atoms with Gasteiger partial charge in [-0.05, 0) is 77.0 Å². The molecule has 0 saturated carbocycles. The molecule has 528 valence electrons. The Morgan fingerprint density at radius 1 is 0.352 bits per heavy atom. The van der Waals surface area contributed by atoms with E-state index >= 15 is 0 Å². The van der Waals surface area contributed by atoms with Crippen LogP contribution in [0, 0.1) is 0 Å². The molecule has 2 atom stereocenters. The first kappa shape index (κ1) is 87.9. The minimum absolute atomic E-state index is 0.0325. The van der Waals surface area contributed by atoms with Gasteiger partial charge in [0.2, 0.25) is 0 Å². The lowest BCUT2D eigenvalue weighted by atomic mass is 10.0. The maximum absolute atomic E-state index is 12.9. The van der Waals surface area contributed by atoms with Crippen molar-refractivity contribution in [3.63, 3.8) is 0 Å². The Kier molecular flexibility index (Phi) is 68.8. The highest BCUT2D eigenvalue weighted by Gasteiger charge is 2.22. The van der Waals surface area contributed by atoms with E-state index in [-0.39, 0.29) is 32.0 Å². The summed E-state index contributed by atoms with van der Waals surface area (Å²) < 4.78 is 34.4. The van der Waals surface area contributed by atoms with Gasteiger partial charge in [0.1, 0.15) is 19.8 Å². The molecule has 91 heavy (non-hydrogen) atoms. The first-order chi connectivity index (χ1) is 44.5. The molecule has 0 N–H and O–H groups in total. The van der Waals surface area contributed by atoms with Gasteiger partial charge in [0, 0.05) is 12.8 Å².